The second kappa shape index (κ2) is 7.25. The third-order valence-corrected chi connectivity index (χ3v) is 3.87. The monoisotopic (exact) mass is 407 g/mol. The van der Waals surface area contributed by atoms with E-state index in [0.29, 0.717) is 16.9 Å². The van der Waals surface area contributed by atoms with Gasteiger partial charge < -0.3 is 10.6 Å². The van der Waals surface area contributed by atoms with Crippen molar-refractivity contribution in [2.75, 3.05) is 17.2 Å². The zero-order chi connectivity index (χ0) is 15.2. The molecule has 0 aliphatic heterocycles. The van der Waals surface area contributed by atoms with Crippen molar-refractivity contribution in [3.05, 3.63) is 57.0 Å². The Kier molecular flexibility index (Phi) is 5.37. The van der Waals surface area contributed by atoms with Crippen molar-refractivity contribution < 1.29 is 4.79 Å². The summed E-state index contributed by atoms with van der Waals surface area (Å²) in [7, 11) is 0. The predicted molar refractivity (Wildman–Crippen MR) is 90.1 cm³/mol. The molecular weight excluding hydrogens is 398 g/mol. The van der Waals surface area contributed by atoms with E-state index in [1.807, 2.05) is 24.3 Å². The highest BCUT2D eigenvalue weighted by Gasteiger charge is 2.07. The fraction of sp³-hybridized carbons (Fsp3) is 0.0667. The second-order valence-electron chi connectivity index (χ2n) is 4.18. The topological polar surface area (TPSA) is 64.9 Å². The molecule has 0 heterocycles. The summed E-state index contributed by atoms with van der Waals surface area (Å²) in [4.78, 5) is 11.9. The maximum atomic E-state index is 11.9. The van der Waals surface area contributed by atoms with Gasteiger partial charge in [0.25, 0.3) is 0 Å². The van der Waals surface area contributed by atoms with Crippen LogP contribution in [0.5, 0.6) is 0 Å². The van der Waals surface area contributed by atoms with Gasteiger partial charge in [0.1, 0.15) is 6.07 Å². The lowest BCUT2D eigenvalue weighted by Crippen LogP contribution is -2.22. The van der Waals surface area contributed by atoms with Crippen LogP contribution in [0.25, 0.3) is 0 Å². The van der Waals surface area contributed by atoms with Gasteiger partial charge in [0, 0.05) is 8.95 Å². The molecule has 0 spiro atoms. The lowest BCUT2D eigenvalue weighted by molar-refractivity contribution is -0.114. The van der Waals surface area contributed by atoms with Crippen LogP contribution in [0.4, 0.5) is 11.4 Å². The Balaban J connectivity index is 2.01. The van der Waals surface area contributed by atoms with Gasteiger partial charge in [-0.15, -0.1) is 0 Å². The average Bonchev–Trinajstić information content (AvgIpc) is 2.48. The highest BCUT2D eigenvalue weighted by atomic mass is 79.9. The minimum Gasteiger partial charge on any atom is -0.375 e. The molecule has 0 aromatic heterocycles. The molecule has 2 aromatic rings. The summed E-state index contributed by atoms with van der Waals surface area (Å²) in [5.41, 5.74) is 1.82. The van der Waals surface area contributed by atoms with E-state index in [0.717, 1.165) is 8.95 Å². The van der Waals surface area contributed by atoms with Crippen LogP contribution in [0, 0.1) is 11.3 Å². The number of amides is 1. The number of nitriles is 1. The zero-order valence-corrected chi connectivity index (χ0v) is 14.0. The molecule has 0 aliphatic rings. The Morgan fingerprint density at radius 2 is 1.90 bits per heavy atom. The number of nitrogens with one attached hydrogen (secondary N) is 2. The van der Waals surface area contributed by atoms with Crippen LogP contribution in [0.1, 0.15) is 5.56 Å². The Labute approximate surface area is 139 Å². The molecule has 0 radical (unpaired) electrons. The van der Waals surface area contributed by atoms with Crippen molar-refractivity contribution in [2.45, 2.75) is 0 Å². The first-order valence-electron chi connectivity index (χ1n) is 6.08. The number of hydrogen-bond donors (Lipinski definition) is 2. The first-order valence-corrected chi connectivity index (χ1v) is 7.66. The Hall–Kier alpha value is -1.84. The molecule has 4 nitrogen and oxygen atoms in total. The molecule has 1 amide bonds. The highest BCUT2D eigenvalue weighted by molar-refractivity contribution is 9.10. The Bertz CT molecular complexity index is 710. The molecule has 2 rings (SSSR count). The van der Waals surface area contributed by atoms with E-state index in [9.17, 15) is 4.79 Å². The molecule has 0 saturated carbocycles. The predicted octanol–water partition coefficient (Wildman–Crippen LogP) is 4.13. The van der Waals surface area contributed by atoms with Crippen molar-refractivity contribution in [2.24, 2.45) is 0 Å². The van der Waals surface area contributed by atoms with Gasteiger partial charge in [0.2, 0.25) is 5.91 Å². The lowest BCUT2D eigenvalue weighted by Gasteiger charge is -2.10. The van der Waals surface area contributed by atoms with E-state index in [4.69, 9.17) is 5.26 Å². The van der Waals surface area contributed by atoms with Crippen LogP contribution in [-0.2, 0) is 4.79 Å². The zero-order valence-electron chi connectivity index (χ0n) is 10.9. The molecule has 0 fully saturated rings. The van der Waals surface area contributed by atoms with Crippen molar-refractivity contribution in [1.29, 1.82) is 5.26 Å². The van der Waals surface area contributed by atoms with Crippen LogP contribution in [0.2, 0.25) is 0 Å². The quantitative estimate of drug-likeness (QED) is 0.799. The first-order chi connectivity index (χ1) is 10.1. The van der Waals surface area contributed by atoms with E-state index < -0.39 is 0 Å². The molecule has 0 aliphatic carbocycles. The molecule has 21 heavy (non-hydrogen) atoms. The summed E-state index contributed by atoms with van der Waals surface area (Å²) < 4.78 is 1.66. The second-order valence-corrected chi connectivity index (χ2v) is 5.95. The van der Waals surface area contributed by atoms with E-state index in [-0.39, 0.29) is 12.5 Å². The highest BCUT2D eigenvalue weighted by Crippen LogP contribution is 2.22. The fourth-order valence-corrected chi connectivity index (χ4v) is 2.44. The van der Waals surface area contributed by atoms with Gasteiger partial charge in [-0.3, -0.25) is 4.79 Å². The number of rotatable bonds is 4. The third kappa shape index (κ3) is 4.31. The maximum Gasteiger partial charge on any atom is 0.243 e. The number of anilines is 2. The normalized spacial score (nSPS) is 9.76. The van der Waals surface area contributed by atoms with Gasteiger partial charge in [-0.25, -0.2) is 0 Å². The number of carbonyl (C=O) groups excluding carboxylic acids is 1. The standard InChI is InChI=1S/C15H11Br2N3O/c16-11-6-5-10(8-18)14(7-11)19-9-15(21)20-13-4-2-1-3-12(13)17/h1-7,19H,9H2,(H,20,21). The fourth-order valence-electron chi connectivity index (χ4n) is 1.69. The Morgan fingerprint density at radius 3 is 2.62 bits per heavy atom. The molecule has 0 atom stereocenters. The molecule has 0 saturated heterocycles. The summed E-state index contributed by atoms with van der Waals surface area (Å²) in [6.45, 7) is 0.0759. The minimum absolute atomic E-state index is 0.0759. The average molecular weight is 409 g/mol. The summed E-state index contributed by atoms with van der Waals surface area (Å²) in [6, 6.07) is 14.7. The summed E-state index contributed by atoms with van der Waals surface area (Å²) in [5.74, 6) is -0.189. The van der Waals surface area contributed by atoms with Gasteiger partial charge in [-0.2, -0.15) is 5.26 Å². The summed E-state index contributed by atoms with van der Waals surface area (Å²) in [6.07, 6.45) is 0. The van der Waals surface area contributed by atoms with Crippen LogP contribution >= 0.6 is 31.9 Å². The molecular formula is C15H11Br2N3O. The SMILES string of the molecule is N#Cc1ccc(Br)cc1NCC(=O)Nc1ccccc1Br. The Morgan fingerprint density at radius 1 is 1.14 bits per heavy atom. The number of hydrogen-bond acceptors (Lipinski definition) is 3. The maximum absolute atomic E-state index is 11.9. The van der Waals surface area contributed by atoms with E-state index >= 15 is 0 Å². The van der Waals surface area contributed by atoms with Gasteiger partial charge in [-0.05, 0) is 46.3 Å². The summed E-state index contributed by atoms with van der Waals surface area (Å²) in [5, 5.41) is 14.8. The van der Waals surface area contributed by atoms with Gasteiger partial charge >= 0.3 is 0 Å². The van der Waals surface area contributed by atoms with Crippen molar-refractivity contribution in [3.8, 4) is 6.07 Å². The molecule has 0 unspecified atom stereocenters. The number of benzene rings is 2. The van der Waals surface area contributed by atoms with Gasteiger partial charge in [0.15, 0.2) is 0 Å². The molecule has 2 aromatic carbocycles. The van der Waals surface area contributed by atoms with Crippen molar-refractivity contribution >= 4 is 49.1 Å². The van der Waals surface area contributed by atoms with Crippen LogP contribution in [0.15, 0.2) is 51.4 Å². The van der Waals surface area contributed by atoms with Crippen LogP contribution in [0.3, 0.4) is 0 Å². The van der Waals surface area contributed by atoms with E-state index in [1.54, 1.807) is 18.2 Å². The van der Waals surface area contributed by atoms with Crippen molar-refractivity contribution in [3.63, 3.8) is 0 Å². The number of para-hydroxylation sites is 1. The molecule has 6 heteroatoms. The molecule has 2 N–H and O–H groups in total. The number of nitrogens with zero attached hydrogens (tertiary/aromatic N) is 1. The summed E-state index contributed by atoms with van der Waals surface area (Å²) >= 11 is 6.71. The number of carbonyl (C=O) groups is 1. The van der Waals surface area contributed by atoms with Crippen molar-refractivity contribution in [1.82, 2.24) is 0 Å². The smallest absolute Gasteiger partial charge is 0.243 e. The number of halogens is 2. The van der Waals surface area contributed by atoms with Gasteiger partial charge in [0.05, 0.1) is 23.5 Å². The van der Waals surface area contributed by atoms with E-state index in [1.165, 1.54) is 0 Å². The molecule has 106 valence electrons. The molecule has 0 bridgehead atoms. The third-order valence-electron chi connectivity index (χ3n) is 2.69. The first kappa shape index (κ1) is 15.5. The largest absolute Gasteiger partial charge is 0.375 e. The van der Waals surface area contributed by atoms with E-state index in [2.05, 4.69) is 48.6 Å². The van der Waals surface area contributed by atoms with Crippen LogP contribution < -0.4 is 10.6 Å². The lowest BCUT2D eigenvalue weighted by atomic mass is 10.2. The van der Waals surface area contributed by atoms with Gasteiger partial charge in [-0.1, -0.05) is 28.1 Å². The minimum atomic E-state index is -0.189. The van der Waals surface area contributed by atoms with Crippen LogP contribution in [-0.4, -0.2) is 12.5 Å².